The van der Waals surface area contributed by atoms with Gasteiger partial charge in [-0.3, -0.25) is 4.70 Å². The Hall–Kier alpha value is 1.55. The van der Waals surface area contributed by atoms with E-state index in [1.165, 1.54) is 0 Å². The van der Waals surface area contributed by atoms with Crippen LogP contribution in [0.25, 0.3) is 0 Å². The zero-order chi connectivity index (χ0) is 4.50. The molecule has 0 fully saturated rings. The van der Waals surface area contributed by atoms with Crippen LogP contribution < -0.4 is 0 Å². The minimum absolute atomic E-state index is 0. The van der Waals surface area contributed by atoms with Crippen LogP contribution >= 0.6 is 7.82 Å². The van der Waals surface area contributed by atoms with Crippen molar-refractivity contribution in [1.82, 2.24) is 0 Å². The summed E-state index contributed by atoms with van der Waals surface area (Å²) in [5.74, 6) is 0. The van der Waals surface area contributed by atoms with Crippen molar-refractivity contribution in [3.63, 3.8) is 0 Å². The summed E-state index contributed by atoms with van der Waals surface area (Å²) in [6.07, 6.45) is 0. The number of rotatable bonds is 0. The standard InChI is InChI=1S/Co.FH.Na.H3O4P.H/c;;;1-5(2,3)4;/h;1H;;(H3,1,2,3,4);. The normalized spacial score (nSPS) is 7.38. The van der Waals surface area contributed by atoms with Crippen LogP contribution in [0.1, 0.15) is 0 Å². The summed E-state index contributed by atoms with van der Waals surface area (Å²) in [6.45, 7) is 0. The van der Waals surface area contributed by atoms with Gasteiger partial charge in [-0.05, 0) is 0 Å². The maximum atomic E-state index is 8.88. The quantitative estimate of drug-likeness (QED) is 0.331. The summed E-state index contributed by atoms with van der Waals surface area (Å²) >= 11 is 0. The van der Waals surface area contributed by atoms with Gasteiger partial charge in [0.2, 0.25) is 0 Å². The van der Waals surface area contributed by atoms with Crippen molar-refractivity contribution in [3.8, 4) is 0 Å². The van der Waals surface area contributed by atoms with Gasteiger partial charge in [0.1, 0.15) is 0 Å². The van der Waals surface area contributed by atoms with E-state index in [4.69, 9.17) is 19.2 Å². The molecule has 0 saturated carbocycles. The molecule has 0 saturated heterocycles. The van der Waals surface area contributed by atoms with Crippen molar-refractivity contribution >= 4 is 37.4 Å². The first kappa shape index (κ1) is 22.7. The molecule has 4 nitrogen and oxygen atoms in total. The molecule has 0 heterocycles. The predicted molar refractivity (Wildman–Crippen MR) is 23.9 cm³/mol. The Morgan fingerprint density at radius 1 is 1.12 bits per heavy atom. The second kappa shape index (κ2) is 8.55. The minimum atomic E-state index is -4.64. The molecule has 51 valence electrons. The topological polar surface area (TPSA) is 77.8 Å². The fraction of sp³-hybridized carbons (Fsp3) is 0. The molecule has 1 radical (unpaired) electrons. The second-order valence-corrected chi connectivity index (χ2v) is 1.54. The fourth-order valence-corrected chi connectivity index (χ4v) is 0. The molecular weight excluding hydrogens is 196 g/mol. The monoisotopic (exact) mass is 201 g/mol. The Bertz CT molecular complexity index is 62.2. The molecule has 0 aromatic rings. The van der Waals surface area contributed by atoms with Crippen LogP contribution in [0.5, 0.6) is 0 Å². The second-order valence-electron chi connectivity index (χ2n) is 0.513. The van der Waals surface area contributed by atoms with E-state index in [0.717, 1.165) is 0 Å². The Morgan fingerprint density at radius 2 is 1.12 bits per heavy atom. The van der Waals surface area contributed by atoms with Crippen LogP contribution in [0.15, 0.2) is 0 Å². The van der Waals surface area contributed by atoms with Crippen LogP contribution in [-0.4, -0.2) is 44.2 Å². The molecule has 0 aromatic carbocycles. The number of hydrogen-bond acceptors (Lipinski definition) is 1. The first-order valence-electron chi connectivity index (χ1n) is 0.783. The first-order chi connectivity index (χ1) is 2.00. The van der Waals surface area contributed by atoms with Crippen LogP contribution in [0, 0.1) is 0 Å². The third-order valence-corrected chi connectivity index (χ3v) is 0. The third-order valence-electron chi connectivity index (χ3n) is 0. The van der Waals surface area contributed by atoms with Crippen molar-refractivity contribution in [2.75, 3.05) is 0 Å². The van der Waals surface area contributed by atoms with E-state index < -0.39 is 7.82 Å². The van der Waals surface area contributed by atoms with Crippen LogP contribution in [0.3, 0.4) is 0 Å². The summed E-state index contributed by atoms with van der Waals surface area (Å²) in [4.78, 5) is 21.6. The van der Waals surface area contributed by atoms with Gasteiger partial charge in [0.05, 0.1) is 0 Å². The van der Waals surface area contributed by atoms with Gasteiger partial charge in [-0.25, -0.2) is 4.57 Å². The van der Waals surface area contributed by atoms with E-state index in [1.54, 1.807) is 0 Å². The molecule has 8 heavy (non-hydrogen) atoms. The zero-order valence-electron chi connectivity index (χ0n) is 2.94. The van der Waals surface area contributed by atoms with E-state index >= 15 is 0 Å². The molecule has 0 aliphatic heterocycles. The van der Waals surface area contributed by atoms with Crippen molar-refractivity contribution in [3.05, 3.63) is 0 Å². The molecule has 0 aliphatic rings. The molecule has 0 atom stereocenters. The summed E-state index contributed by atoms with van der Waals surface area (Å²) in [5.41, 5.74) is 0. The molecule has 0 unspecified atom stereocenters. The number of halogens is 1. The Morgan fingerprint density at radius 3 is 1.12 bits per heavy atom. The van der Waals surface area contributed by atoms with E-state index in [1.807, 2.05) is 0 Å². The molecule has 8 heteroatoms. The number of hydrogen-bond donors (Lipinski definition) is 3. The summed E-state index contributed by atoms with van der Waals surface area (Å²) in [5, 5.41) is 0. The SMILES string of the molecule is F.O=P(O)(O)O.[Co].[NaH]. The first-order valence-corrected chi connectivity index (χ1v) is 2.35. The maximum absolute atomic E-state index is 8.88. The van der Waals surface area contributed by atoms with E-state index in [2.05, 4.69) is 0 Å². The van der Waals surface area contributed by atoms with Crippen molar-refractivity contribution in [1.29, 1.82) is 0 Å². The van der Waals surface area contributed by atoms with Crippen molar-refractivity contribution in [2.24, 2.45) is 0 Å². The summed E-state index contributed by atoms with van der Waals surface area (Å²) in [7, 11) is -4.64. The molecule has 0 spiro atoms. The van der Waals surface area contributed by atoms with E-state index in [9.17, 15) is 0 Å². The van der Waals surface area contributed by atoms with Crippen LogP contribution in [0.4, 0.5) is 4.70 Å². The van der Waals surface area contributed by atoms with E-state index in [0.29, 0.717) is 0 Å². The van der Waals surface area contributed by atoms with E-state index in [-0.39, 0.29) is 51.0 Å². The van der Waals surface area contributed by atoms with Gasteiger partial charge in [-0.1, -0.05) is 0 Å². The molecule has 0 aliphatic carbocycles. The Balaban J connectivity index is -0.0000000267. The molecule has 0 rings (SSSR count). The van der Waals surface area contributed by atoms with Crippen molar-refractivity contribution < 1.29 is 40.7 Å². The van der Waals surface area contributed by atoms with Gasteiger partial charge in [0, 0.05) is 16.8 Å². The third kappa shape index (κ3) is 135. The molecular formula is H5CoFNaO4P. The molecule has 3 N–H and O–H groups in total. The Kier molecular flexibility index (Phi) is 24.2. The summed E-state index contributed by atoms with van der Waals surface area (Å²) < 4.78 is 8.88. The van der Waals surface area contributed by atoms with Crippen LogP contribution in [0.2, 0.25) is 0 Å². The van der Waals surface area contributed by atoms with Gasteiger partial charge in [0.15, 0.2) is 0 Å². The average Bonchev–Trinajstić information content (AvgIpc) is 0.722. The molecule has 0 aromatic heterocycles. The zero-order valence-corrected chi connectivity index (χ0v) is 4.87. The summed E-state index contributed by atoms with van der Waals surface area (Å²) in [6, 6.07) is 0. The molecule has 0 amide bonds. The fourth-order valence-electron chi connectivity index (χ4n) is 0. The van der Waals surface area contributed by atoms with Crippen LogP contribution in [-0.2, 0) is 21.3 Å². The Labute approximate surface area is 77.8 Å². The average molecular weight is 201 g/mol. The van der Waals surface area contributed by atoms with Gasteiger partial charge in [0.25, 0.3) is 0 Å². The van der Waals surface area contributed by atoms with Gasteiger partial charge in [-0.2, -0.15) is 0 Å². The number of phosphoric acid groups is 1. The van der Waals surface area contributed by atoms with Gasteiger partial charge < -0.3 is 14.7 Å². The molecule has 0 bridgehead atoms. The van der Waals surface area contributed by atoms with Crippen molar-refractivity contribution in [2.45, 2.75) is 0 Å². The van der Waals surface area contributed by atoms with Gasteiger partial charge in [-0.15, -0.1) is 0 Å². The predicted octanol–water partition coefficient (Wildman–Crippen LogP) is -1.43. The van der Waals surface area contributed by atoms with Gasteiger partial charge >= 0.3 is 37.4 Å².